The maximum absolute atomic E-state index is 12.7. The zero-order valence-corrected chi connectivity index (χ0v) is 23.3. The summed E-state index contributed by atoms with van der Waals surface area (Å²) in [7, 11) is 0. The third-order valence-electron chi connectivity index (χ3n) is 5.28. The molecule has 0 N–H and O–H groups in total. The summed E-state index contributed by atoms with van der Waals surface area (Å²) in [6.07, 6.45) is 7.00. The second-order valence-electron chi connectivity index (χ2n) is 10.1. The van der Waals surface area contributed by atoms with Crippen LogP contribution in [0, 0.1) is 0 Å². The third kappa shape index (κ3) is 13.3. The van der Waals surface area contributed by atoms with E-state index in [2.05, 4.69) is 45.0 Å². The first-order chi connectivity index (χ1) is 16.1. The van der Waals surface area contributed by atoms with E-state index in [4.69, 9.17) is 9.47 Å². The van der Waals surface area contributed by atoms with Crippen LogP contribution < -0.4 is 0 Å². The van der Waals surface area contributed by atoms with E-state index >= 15 is 0 Å². The molecule has 1 aromatic carbocycles. The first kappa shape index (κ1) is 30.3. The fraction of sp³-hybridized carbons (Fsp3) is 0.714. The van der Waals surface area contributed by atoms with Crippen LogP contribution in [0.25, 0.3) is 0 Å². The summed E-state index contributed by atoms with van der Waals surface area (Å²) in [6, 6.07) is 8.38. The van der Waals surface area contributed by atoms with E-state index in [1.54, 1.807) is 11.8 Å². The molecule has 1 aromatic rings. The van der Waals surface area contributed by atoms with Crippen LogP contribution in [0.1, 0.15) is 91.7 Å². The van der Waals surface area contributed by atoms with Gasteiger partial charge in [-0.2, -0.15) is 0 Å². The van der Waals surface area contributed by atoms with E-state index in [1.165, 1.54) is 24.8 Å². The molecule has 0 heterocycles. The van der Waals surface area contributed by atoms with Gasteiger partial charge in [0.1, 0.15) is 10.9 Å². The van der Waals surface area contributed by atoms with Crippen molar-refractivity contribution in [2.45, 2.75) is 110 Å². The van der Waals surface area contributed by atoms with Gasteiger partial charge in [-0.25, -0.2) is 4.79 Å². The number of benzene rings is 1. The molecular weight excluding hydrogens is 446 g/mol. The number of ether oxygens (including phenoxy) is 2. The predicted octanol–water partition coefficient (Wildman–Crippen LogP) is 7.05. The monoisotopic (exact) mass is 493 g/mol. The van der Waals surface area contributed by atoms with E-state index in [-0.39, 0.29) is 17.3 Å². The van der Waals surface area contributed by atoms with Crippen molar-refractivity contribution in [1.29, 1.82) is 0 Å². The van der Waals surface area contributed by atoms with Gasteiger partial charge in [-0.15, -0.1) is 11.8 Å². The van der Waals surface area contributed by atoms with Gasteiger partial charge in [-0.3, -0.25) is 4.79 Å². The summed E-state index contributed by atoms with van der Waals surface area (Å²) in [4.78, 5) is 26.9. The SMILES string of the molecule is CCCCCCCN(CCc1ccc(CC(SC(C)C)C(=O)OCC)cc1)C(=O)OC(C)(C)C. The Balaban J connectivity index is 2.72. The van der Waals surface area contributed by atoms with Gasteiger partial charge in [0, 0.05) is 13.1 Å². The molecule has 1 rings (SSSR count). The maximum Gasteiger partial charge on any atom is 0.410 e. The van der Waals surface area contributed by atoms with Crippen LogP contribution >= 0.6 is 11.8 Å². The van der Waals surface area contributed by atoms with Gasteiger partial charge in [-0.1, -0.05) is 70.7 Å². The molecule has 34 heavy (non-hydrogen) atoms. The lowest BCUT2D eigenvalue weighted by Crippen LogP contribution is -2.38. The van der Waals surface area contributed by atoms with Gasteiger partial charge in [-0.05, 0) is 63.3 Å². The van der Waals surface area contributed by atoms with Crippen molar-refractivity contribution in [3.63, 3.8) is 0 Å². The zero-order chi connectivity index (χ0) is 25.6. The van der Waals surface area contributed by atoms with Crippen molar-refractivity contribution in [2.24, 2.45) is 0 Å². The van der Waals surface area contributed by atoms with E-state index in [0.29, 0.717) is 24.8 Å². The average molecular weight is 494 g/mol. The molecule has 0 saturated heterocycles. The molecule has 1 unspecified atom stereocenters. The Morgan fingerprint density at radius 3 is 2.12 bits per heavy atom. The number of rotatable bonds is 15. The molecular formula is C28H47NO4S. The summed E-state index contributed by atoms with van der Waals surface area (Å²) in [6.45, 7) is 15.7. The van der Waals surface area contributed by atoms with Crippen LogP contribution in [0.2, 0.25) is 0 Å². The number of esters is 1. The minimum Gasteiger partial charge on any atom is -0.465 e. The van der Waals surface area contributed by atoms with Gasteiger partial charge in [0.2, 0.25) is 0 Å². The third-order valence-corrected chi connectivity index (χ3v) is 6.52. The van der Waals surface area contributed by atoms with Crippen LogP contribution in [0.15, 0.2) is 24.3 Å². The summed E-state index contributed by atoms with van der Waals surface area (Å²) in [5.41, 5.74) is 1.80. The Kier molecular flexibility index (Phi) is 14.3. The molecule has 1 amide bonds. The van der Waals surface area contributed by atoms with Crippen molar-refractivity contribution in [2.75, 3.05) is 19.7 Å². The Hall–Kier alpha value is -1.69. The summed E-state index contributed by atoms with van der Waals surface area (Å²) < 4.78 is 10.9. The van der Waals surface area contributed by atoms with Crippen LogP contribution in [-0.4, -0.2) is 52.8 Å². The zero-order valence-electron chi connectivity index (χ0n) is 22.5. The predicted molar refractivity (Wildman–Crippen MR) is 144 cm³/mol. The highest BCUT2D eigenvalue weighted by Gasteiger charge is 2.23. The van der Waals surface area contributed by atoms with E-state index in [0.717, 1.165) is 31.4 Å². The molecule has 1 atom stereocenters. The molecule has 194 valence electrons. The number of thioether (sulfide) groups is 1. The molecule has 0 fully saturated rings. The largest absolute Gasteiger partial charge is 0.465 e. The standard InChI is InChI=1S/C28H47NO4S/c1-8-10-11-12-13-19-29(27(31)33-28(5,6)7)20-18-23-14-16-24(17-15-23)21-25(34-22(3)4)26(30)32-9-2/h14-17,22,25H,8-13,18-21H2,1-7H3. The lowest BCUT2D eigenvalue weighted by Gasteiger charge is -2.27. The van der Waals surface area contributed by atoms with Crippen molar-refractivity contribution in [3.8, 4) is 0 Å². The molecule has 0 spiro atoms. The van der Waals surface area contributed by atoms with E-state index in [9.17, 15) is 9.59 Å². The van der Waals surface area contributed by atoms with Crippen LogP contribution in [-0.2, 0) is 27.1 Å². The van der Waals surface area contributed by atoms with Crippen molar-refractivity contribution < 1.29 is 19.1 Å². The highest BCUT2D eigenvalue weighted by Crippen LogP contribution is 2.23. The maximum atomic E-state index is 12.7. The minimum absolute atomic E-state index is 0.141. The highest BCUT2D eigenvalue weighted by atomic mass is 32.2. The van der Waals surface area contributed by atoms with Gasteiger partial charge in [0.15, 0.2) is 0 Å². The number of carbonyl (C=O) groups excluding carboxylic acids is 2. The topological polar surface area (TPSA) is 55.8 Å². The number of hydrogen-bond donors (Lipinski definition) is 0. The number of hydrogen-bond acceptors (Lipinski definition) is 5. The van der Waals surface area contributed by atoms with Gasteiger partial charge >= 0.3 is 12.1 Å². The quantitative estimate of drug-likeness (QED) is 0.193. The van der Waals surface area contributed by atoms with Crippen molar-refractivity contribution in [1.82, 2.24) is 4.90 Å². The van der Waals surface area contributed by atoms with Crippen molar-refractivity contribution >= 4 is 23.8 Å². The molecule has 0 aromatic heterocycles. The summed E-state index contributed by atoms with van der Waals surface area (Å²) in [5, 5.41) is 0.163. The minimum atomic E-state index is -0.497. The number of unbranched alkanes of at least 4 members (excludes halogenated alkanes) is 4. The molecule has 5 nitrogen and oxygen atoms in total. The lowest BCUT2D eigenvalue weighted by atomic mass is 10.1. The van der Waals surface area contributed by atoms with Crippen LogP contribution in [0.4, 0.5) is 4.79 Å². The fourth-order valence-electron chi connectivity index (χ4n) is 3.60. The summed E-state index contributed by atoms with van der Waals surface area (Å²) in [5.74, 6) is -0.141. The Bertz CT molecular complexity index is 712. The molecule has 0 saturated carbocycles. The fourth-order valence-corrected chi connectivity index (χ4v) is 4.72. The second-order valence-corrected chi connectivity index (χ2v) is 11.9. The molecule has 0 bridgehead atoms. The normalized spacial score (nSPS) is 12.5. The number of nitrogens with zero attached hydrogens (tertiary/aromatic N) is 1. The Morgan fingerprint density at radius 1 is 0.941 bits per heavy atom. The van der Waals surface area contributed by atoms with Gasteiger partial charge < -0.3 is 14.4 Å². The first-order valence-electron chi connectivity index (χ1n) is 12.9. The van der Waals surface area contributed by atoms with E-state index in [1.807, 2.05) is 32.6 Å². The molecule has 0 aliphatic heterocycles. The molecule has 0 aliphatic rings. The summed E-state index contributed by atoms with van der Waals surface area (Å²) >= 11 is 1.65. The molecule has 0 aliphatic carbocycles. The Labute approximate surface area is 212 Å². The average Bonchev–Trinajstić information content (AvgIpc) is 2.74. The molecule has 6 heteroatoms. The van der Waals surface area contributed by atoms with E-state index < -0.39 is 5.60 Å². The first-order valence-corrected chi connectivity index (χ1v) is 13.9. The Morgan fingerprint density at radius 2 is 1.56 bits per heavy atom. The lowest BCUT2D eigenvalue weighted by molar-refractivity contribution is -0.142. The van der Waals surface area contributed by atoms with Gasteiger partial charge in [0.05, 0.1) is 6.61 Å². The number of amides is 1. The van der Waals surface area contributed by atoms with Crippen molar-refractivity contribution in [3.05, 3.63) is 35.4 Å². The van der Waals surface area contributed by atoms with Crippen LogP contribution in [0.5, 0.6) is 0 Å². The smallest absolute Gasteiger partial charge is 0.410 e. The highest BCUT2D eigenvalue weighted by molar-refractivity contribution is 8.01. The number of carbonyl (C=O) groups is 2. The second kappa shape index (κ2) is 16.1. The van der Waals surface area contributed by atoms with Gasteiger partial charge in [0.25, 0.3) is 0 Å². The van der Waals surface area contributed by atoms with Crippen LogP contribution in [0.3, 0.4) is 0 Å². The molecule has 0 radical (unpaired) electrons.